The highest BCUT2D eigenvalue weighted by atomic mass is 16.2. The molecule has 2 fully saturated rings. The number of aryl methyl sites for hydroxylation is 2. The molecule has 3 N–H and O–H groups in total. The van der Waals surface area contributed by atoms with Gasteiger partial charge in [0, 0.05) is 18.8 Å². The number of benzene rings is 1. The lowest BCUT2D eigenvalue weighted by Crippen LogP contribution is -2.46. The van der Waals surface area contributed by atoms with Gasteiger partial charge in [0.25, 0.3) is 0 Å². The second-order valence-electron chi connectivity index (χ2n) is 7.95. The van der Waals surface area contributed by atoms with Crippen LogP contribution in [0, 0.1) is 19.8 Å². The van der Waals surface area contributed by atoms with Crippen LogP contribution in [0.3, 0.4) is 0 Å². The van der Waals surface area contributed by atoms with Crippen molar-refractivity contribution in [3.05, 3.63) is 29.3 Å². The number of anilines is 1. The molecule has 6 nitrogen and oxygen atoms in total. The van der Waals surface area contributed by atoms with E-state index in [4.69, 9.17) is 0 Å². The van der Waals surface area contributed by atoms with Crippen molar-refractivity contribution in [3.63, 3.8) is 0 Å². The van der Waals surface area contributed by atoms with Gasteiger partial charge in [-0.1, -0.05) is 18.2 Å². The van der Waals surface area contributed by atoms with Gasteiger partial charge in [-0.25, -0.2) is 0 Å². The Morgan fingerprint density at radius 1 is 1.19 bits per heavy atom. The minimum atomic E-state index is -0.0205. The Labute approximate surface area is 162 Å². The van der Waals surface area contributed by atoms with E-state index < -0.39 is 0 Å². The van der Waals surface area contributed by atoms with E-state index in [1.165, 1.54) is 0 Å². The Kier molecular flexibility index (Phi) is 6.85. The number of hydrogen-bond donors (Lipinski definition) is 3. The zero-order valence-electron chi connectivity index (χ0n) is 16.5. The molecule has 2 amide bonds. The third-order valence-corrected chi connectivity index (χ3v) is 5.66. The predicted molar refractivity (Wildman–Crippen MR) is 108 cm³/mol. The van der Waals surface area contributed by atoms with Gasteiger partial charge in [-0.15, -0.1) is 0 Å². The van der Waals surface area contributed by atoms with Crippen molar-refractivity contribution in [1.29, 1.82) is 0 Å². The summed E-state index contributed by atoms with van der Waals surface area (Å²) in [6.07, 6.45) is 4.18. The maximum Gasteiger partial charge on any atom is 0.238 e. The quantitative estimate of drug-likeness (QED) is 0.712. The number of hydrogen-bond acceptors (Lipinski definition) is 4. The van der Waals surface area contributed by atoms with Crippen LogP contribution in [0.5, 0.6) is 0 Å². The molecular weight excluding hydrogens is 340 g/mol. The van der Waals surface area contributed by atoms with Gasteiger partial charge in [-0.05, 0) is 69.7 Å². The molecule has 2 saturated heterocycles. The molecule has 2 aliphatic heterocycles. The van der Waals surface area contributed by atoms with Gasteiger partial charge in [0.2, 0.25) is 11.8 Å². The van der Waals surface area contributed by atoms with Gasteiger partial charge in [-0.3, -0.25) is 14.5 Å². The molecule has 0 radical (unpaired) electrons. The van der Waals surface area contributed by atoms with E-state index in [2.05, 4.69) is 20.9 Å². The lowest BCUT2D eigenvalue weighted by molar-refractivity contribution is -0.123. The number of piperidine rings is 1. The number of para-hydroxylation sites is 1. The Hall–Kier alpha value is -1.92. The summed E-state index contributed by atoms with van der Waals surface area (Å²) in [5.74, 6) is 0.571. The van der Waals surface area contributed by atoms with Crippen molar-refractivity contribution in [3.8, 4) is 0 Å². The van der Waals surface area contributed by atoms with E-state index in [9.17, 15) is 9.59 Å². The van der Waals surface area contributed by atoms with Crippen LogP contribution in [0.1, 0.15) is 36.8 Å². The van der Waals surface area contributed by atoms with Gasteiger partial charge in [-0.2, -0.15) is 0 Å². The molecule has 0 saturated carbocycles. The van der Waals surface area contributed by atoms with Crippen LogP contribution in [-0.4, -0.2) is 55.5 Å². The van der Waals surface area contributed by atoms with E-state index in [0.29, 0.717) is 19.0 Å². The van der Waals surface area contributed by atoms with E-state index in [1.54, 1.807) is 0 Å². The minimum absolute atomic E-state index is 0.0205. The molecule has 2 aliphatic rings. The van der Waals surface area contributed by atoms with Gasteiger partial charge in [0.05, 0.1) is 12.6 Å². The predicted octanol–water partition coefficient (Wildman–Crippen LogP) is 1.82. The first-order valence-corrected chi connectivity index (χ1v) is 10.1. The van der Waals surface area contributed by atoms with Gasteiger partial charge >= 0.3 is 0 Å². The van der Waals surface area contributed by atoms with Gasteiger partial charge in [0.15, 0.2) is 0 Å². The van der Waals surface area contributed by atoms with Crippen LogP contribution >= 0.6 is 0 Å². The first kappa shape index (κ1) is 19.8. The number of nitrogens with zero attached hydrogens (tertiary/aromatic N) is 1. The molecule has 27 heavy (non-hydrogen) atoms. The Morgan fingerprint density at radius 3 is 2.67 bits per heavy atom. The first-order chi connectivity index (χ1) is 13.0. The van der Waals surface area contributed by atoms with Crippen molar-refractivity contribution >= 4 is 17.5 Å². The van der Waals surface area contributed by atoms with Crippen LogP contribution in [0.25, 0.3) is 0 Å². The number of carbonyl (C=O) groups excluding carboxylic acids is 2. The molecule has 2 heterocycles. The Balaban J connectivity index is 1.45. The molecule has 2 unspecified atom stereocenters. The molecular formula is C21H32N4O2. The molecule has 148 valence electrons. The maximum absolute atomic E-state index is 12.5. The Bertz CT molecular complexity index is 650. The fourth-order valence-corrected chi connectivity index (χ4v) is 4.13. The SMILES string of the molecule is Cc1cccc(C)c1NC(=O)CN1CCCC(CNC(=O)C2CCCN2)C1. The van der Waals surface area contributed by atoms with E-state index >= 15 is 0 Å². The second-order valence-corrected chi connectivity index (χ2v) is 7.95. The largest absolute Gasteiger partial charge is 0.354 e. The topological polar surface area (TPSA) is 73.5 Å². The summed E-state index contributed by atoms with van der Waals surface area (Å²) in [7, 11) is 0. The number of rotatable bonds is 6. The molecule has 0 aliphatic carbocycles. The molecule has 0 aromatic heterocycles. The highest BCUT2D eigenvalue weighted by Crippen LogP contribution is 2.20. The van der Waals surface area contributed by atoms with Crippen LogP contribution in [0.2, 0.25) is 0 Å². The molecule has 0 spiro atoms. The number of carbonyl (C=O) groups is 2. The summed E-state index contributed by atoms with van der Waals surface area (Å²) in [6.45, 7) is 7.87. The summed E-state index contributed by atoms with van der Waals surface area (Å²) >= 11 is 0. The number of nitrogens with one attached hydrogen (secondary N) is 3. The van der Waals surface area contributed by atoms with Crippen LogP contribution in [0.4, 0.5) is 5.69 Å². The standard InChI is InChI=1S/C21H32N4O2/c1-15-6-3-7-16(2)20(15)24-19(26)14-25-11-5-8-17(13-25)12-23-21(27)18-9-4-10-22-18/h3,6-7,17-18,22H,4-5,8-14H2,1-2H3,(H,23,27)(H,24,26). The van der Waals surface area contributed by atoms with Gasteiger partial charge < -0.3 is 16.0 Å². The van der Waals surface area contributed by atoms with E-state index in [1.807, 2.05) is 32.0 Å². The number of amides is 2. The molecule has 0 bridgehead atoms. The van der Waals surface area contributed by atoms with Crippen molar-refractivity contribution in [2.45, 2.75) is 45.6 Å². The highest BCUT2D eigenvalue weighted by Gasteiger charge is 2.25. The maximum atomic E-state index is 12.5. The average molecular weight is 373 g/mol. The van der Waals surface area contributed by atoms with Crippen LogP contribution < -0.4 is 16.0 Å². The van der Waals surface area contributed by atoms with Crippen LogP contribution in [-0.2, 0) is 9.59 Å². The number of likely N-dealkylation sites (tertiary alicyclic amines) is 1. The smallest absolute Gasteiger partial charge is 0.238 e. The van der Waals surface area contributed by atoms with Gasteiger partial charge in [0.1, 0.15) is 0 Å². The average Bonchev–Trinajstić information content (AvgIpc) is 3.18. The van der Waals surface area contributed by atoms with E-state index in [-0.39, 0.29) is 17.9 Å². The highest BCUT2D eigenvalue weighted by molar-refractivity contribution is 5.93. The fraction of sp³-hybridized carbons (Fsp3) is 0.619. The summed E-state index contributed by atoms with van der Waals surface area (Å²) in [4.78, 5) is 26.9. The summed E-state index contributed by atoms with van der Waals surface area (Å²) in [5.41, 5.74) is 3.10. The molecule has 1 aromatic rings. The van der Waals surface area contributed by atoms with Crippen molar-refractivity contribution in [1.82, 2.24) is 15.5 Å². The molecule has 2 atom stereocenters. The zero-order valence-corrected chi connectivity index (χ0v) is 16.5. The second kappa shape index (κ2) is 9.33. The zero-order chi connectivity index (χ0) is 19.2. The van der Waals surface area contributed by atoms with Crippen molar-refractivity contribution in [2.24, 2.45) is 5.92 Å². The normalized spacial score (nSPS) is 23.2. The van der Waals surface area contributed by atoms with E-state index in [0.717, 1.165) is 62.1 Å². The molecule has 6 heteroatoms. The summed E-state index contributed by atoms with van der Waals surface area (Å²) in [5, 5.41) is 9.40. The third-order valence-electron chi connectivity index (χ3n) is 5.66. The molecule has 3 rings (SSSR count). The Morgan fingerprint density at radius 2 is 1.96 bits per heavy atom. The lowest BCUT2D eigenvalue weighted by Gasteiger charge is -2.32. The minimum Gasteiger partial charge on any atom is -0.354 e. The summed E-state index contributed by atoms with van der Waals surface area (Å²) in [6, 6.07) is 6.01. The fourth-order valence-electron chi connectivity index (χ4n) is 4.13. The van der Waals surface area contributed by atoms with Crippen molar-refractivity contribution < 1.29 is 9.59 Å². The molecule has 1 aromatic carbocycles. The van der Waals surface area contributed by atoms with Crippen LogP contribution in [0.15, 0.2) is 18.2 Å². The third kappa shape index (κ3) is 5.53. The lowest BCUT2D eigenvalue weighted by atomic mass is 9.97. The first-order valence-electron chi connectivity index (χ1n) is 10.1. The monoisotopic (exact) mass is 372 g/mol. The summed E-state index contributed by atoms with van der Waals surface area (Å²) < 4.78 is 0. The van der Waals surface area contributed by atoms with Crippen molar-refractivity contribution in [2.75, 3.05) is 38.0 Å².